The lowest BCUT2D eigenvalue weighted by Crippen LogP contribution is -2.28. The molecule has 2 heterocycles. The maximum Gasteiger partial charge on any atom is 0.153 e. The first-order chi connectivity index (χ1) is 22.9. The van der Waals surface area contributed by atoms with Gasteiger partial charge >= 0.3 is 0 Å². The summed E-state index contributed by atoms with van der Waals surface area (Å²) in [6, 6.07) is 19.2. The maximum atomic E-state index is 11.8. The van der Waals surface area contributed by atoms with E-state index in [9.17, 15) is 4.79 Å². The Hall–Kier alpha value is -4.42. The predicted octanol–water partition coefficient (Wildman–Crippen LogP) is 7.79. The van der Waals surface area contributed by atoms with E-state index >= 15 is 0 Å². The van der Waals surface area contributed by atoms with Crippen molar-refractivity contribution < 1.29 is 23.7 Å². The molecule has 2 unspecified atom stereocenters. The van der Waals surface area contributed by atoms with E-state index in [0.29, 0.717) is 58.3 Å². The summed E-state index contributed by atoms with van der Waals surface area (Å²) >= 11 is 6.50. The minimum Gasteiger partial charge on any atom is -0.493 e. The van der Waals surface area contributed by atoms with Crippen molar-refractivity contribution in [2.45, 2.75) is 65.5 Å². The van der Waals surface area contributed by atoms with E-state index in [1.165, 1.54) is 12.3 Å². The van der Waals surface area contributed by atoms with E-state index in [1.807, 2.05) is 24.3 Å². The molecule has 5 rings (SSSR count). The number of nitriles is 1. The average Bonchev–Trinajstić information content (AvgIpc) is 3.51. The van der Waals surface area contributed by atoms with E-state index in [-0.39, 0.29) is 13.2 Å². The number of hydrogen-bond donors (Lipinski definition) is 1. The molecule has 2 atom stereocenters. The Balaban J connectivity index is 1.21. The molecule has 47 heavy (non-hydrogen) atoms. The molecule has 0 spiro atoms. The zero-order valence-corrected chi connectivity index (χ0v) is 27.8. The number of aldehydes is 1. The third-order valence-corrected chi connectivity index (χ3v) is 8.66. The number of halogens is 1. The van der Waals surface area contributed by atoms with Gasteiger partial charge in [0.1, 0.15) is 36.5 Å². The fourth-order valence-corrected chi connectivity index (χ4v) is 5.92. The summed E-state index contributed by atoms with van der Waals surface area (Å²) in [4.78, 5) is 15.8. The normalized spacial score (nSPS) is 15.6. The van der Waals surface area contributed by atoms with Gasteiger partial charge in [-0.3, -0.25) is 9.78 Å². The summed E-state index contributed by atoms with van der Waals surface area (Å²) in [7, 11) is 0. The van der Waals surface area contributed by atoms with Crippen LogP contribution in [0.5, 0.6) is 17.2 Å². The van der Waals surface area contributed by atoms with Crippen LogP contribution in [0.2, 0.25) is 5.02 Å². The van der Waals surface area contributed by atoms with Crippen molar-refractivity contribution in [3.8, 4) is 34.4 Å². The molecular formula is C38H40ClN3O5. The Morgan fingerprint density at radius 2 is 1.77 bits per heavy atom. The highest BCUT2D eigenvalue weighted by Gasteiger charge is 2.21. The zero-order valence-electron chi connectivity index (χ0n) is 27.1. The third-order valence-electron chi connectivity index (χ3n) is 8.36. The first-order valence-corrected chi connectivity index (χ1v) is 16.3. The third kappa shape index (κ3) is 8.89. The first kappa shape index (κ1) is 33.9. The van der Waals surface area contributed by atoms with Crippen LogP contribution >= 0.6 is 11.6 Å². The molecule has 1 aliphatic heterocycles. The number of nitrogens with one attached hydrogen (secondary N) is 1. The number of carbonyl (C=O) groups excluding carboxylic acids is 1. The van der Waals surface area contributed by atoms with Gasteiger partial charge in [-0.15, -0.1) is 0 Å². The number of aromatic nitrogens is 1. The van der Waals surface area contributed by atoms with Crippen LogP contribution in [0.4, 0.5) is 0 Å². The van der Waals surface area contributed by atoms with Crippen molar-refractivity contribution in [1.82, 2.24) is 10.3 Å². The van der Waals surface area contributed by atoms with Gasteiger partial charge in [0.2, 0.25) is 0 Å². The molecule has 1 saturated heterocycles. The number of ether oxygens (including phenoxy) is 4. The van der Waals surface area contributed by atoms with Gasteiger partial charge in [-0.2, -0.15) is 5.26 Å². The van der Waals surface area contributed by atoms with Crippen molar-refractivity contribution >= 4 is 17.9 Å². The molecule has 9 heteroatoms. The molecule has 0 bridgehead atoms. The van der Waals surface area contributed by atoms with Crippen molar-refractivity contribution in [2.75, 3.05) is 19.7 Å². The van der Waals surface area contributed by atoms with Gasteiger partial charge in [-0.1, -0.05) is 41.9 Å². The molecule has 0 amide bonds. The number of benzene rings is 3. The molecule has 0 saturated carbocycles. The molecule has 244 valence electrons. The van der Waals surface area contributed by atoms with Gasteiger partial charge in [0.25, 0.3) is 0 Å². The summed E-state index contributed by atoms with van der Waals surface area (Å²) in [5.41, 5.74) is 6.80. The summed E-state index contributed by atoms with van der Waals surface area (Å²) in [5.74, 6) is 1.60. The fraction of sp³-hybridized carbons (Fsp3) is 0.342. The van der Waals surface area contributed by atoms with Crippen molar-refractivity contribution in [3.05, 3.63) is 105 Å². The Labute approximate surface area is 281 Å². The van der Waals surface area contributed by atoms with Crippen molar-refractivity contribution in [2.24, 2.45) is 0 Å². The highest BCUT2D eigenvalue weighted by molar-refractivity contribution is 6.32. The Morgan fingerprint density at radius 1 is 0.979 bits per heavy atom. The van der Waals surface area contributed by atoms with Crippen LogP contribution < -0.4 is 19.5 Å². The highest BCUT2D eigenvalue weighted by Crippen LogP contribution is 2.36. The number of nitrogens with zero attached hydrogens (tertiary/aromatic N) is 2. The van der Waals surface area contributed by atoms with Gasteiger partial charge in [0.05, 0.1) is 35.0 Å². The van der Waals surface area contributed by atoms with Gasteiger partial charge in [0.15, 0.2) is 6.29 Å². The molecular weight excluding hydrogens is 614 g/mol. The van der Waals surface area contributed by atoms with Crippen LogP contribution in [0.1, 0.15) is 64.4 Å². The summed E-state index contributed by atoms with van der Waals surface area (Å²) in [6.45, 7) is 9.10. The van der Waals surface area contributed by atoms with Gasteiger partial charge in [-0.25, -0.2) is 0 Å². The number of carbonyl (C=O) groups is 1. The lowest BCUT2D eigenvalue weighted by molar-refractivity contribution is 0.0560. The molecule has 4 aromatic rings. The molecule has 1 aromatic heterocycles. The fourth-order valence-electron chi connectivity index (χ4n) is 5.69. The van der Waals surface area contributed by atoms with E-state index < -0.39 is 0 Å². The Kier molecular flexibility index (Phi) is 11.9. The lowest BCUT2D eigenvalue weighted by atomic mass is 9.93. The smallest absolute Gasteiger partial charge is 0.153 e. The van der Waals surface area contributed by atoms with Crippen LogP contribution in [0.25, 0.3) is 11.1 Å². The van der Waals surface area contributed by atoms with Gasteiger partial charge < -0.3 is 24.3 Å². The van der Waals surface area contributed by atoms with Gasteiger partial charge in [-0.05, 0) is 92.6 Å². The molecule has 3 aromatic carbocycles. The molecule has 1 aliphatic rings. The molecule has 1 N–H and O–H groups in total. The topological polar surface area (TPSA) is 103 Å². The van der Waals surface area contributed by atoms with E-state index in [4.69, 9.17) is 35.8 Å². The molecule has 0 radical (unpaired) electrons. The minimum absolute atomic E-state index is 0.125. The standard InChI is InChI=1S/C38H40ClN3O5/c1-25-11-12-32(47-25)21-41-13-6-14-44-36-10-5-9-34(27(36)3)33-8-4-7-30(26(33)2)24-46-38-17-37(31(22-43)16-35(38)39)45-23-29-15-28(18-40)19-42-20-29/h4-5,7-10,15-17,19-20,22,25,32,41H,6,11-14,21,23-24H2,1-3H3. The second-order valence-electron chi connectivity index (χ2n) is 11.8. The quantitative estimate of drug-likeness (QED) is 0.102. The molecule has 1 fully saturated rings. The maximum absolute atomic E-state index is 11.8. The predicted molar refractivity (Wildman–Crippen MR) is 182 cm³/mol. The monoisotopic (exact) mass is 653 g/mol. The van der Waals surface area contributed by atoms with Crippen molar-refractivity contribution in [3.63, 3.8) is 0 Å². The summed E-state index contributed by atoms with van der Waals surface area (Å²) in [5, 5.41) is 12.9. The van der Waals surface area contributed by atoms with Crippen LogP contribution in [-0.2, 0) is 18.0 Å². The second-order valence-corrected chi connectivity index (χ2v) is 12.2. The number of hydrogen-bond acceptors (Lipinski definition) is 8. The van der Waals surface area contributed by atoms with Gasteiger partial charge in [0, 0.05) is 30.6 Å². The van der Waals surface area contributed by atoms with E-state index in [2.05, 4.69) is 49.3 Å². The van der Waals surface area contributed by atoms with Crippen LogP contribution in [-0.4, -0.2) is 43.2 Å². The average molecular weight is 654 g/mol. The van der Waals surface area contributed by atoms with Crippen LogP contribution in [0, 0.1) is 25.2 Å². The van der Waals surface area contributed by atoms with E-state index in [0.717, 1.165) is 65.9 Å². The number of pyridine rings is 1. The van der Waals surface area contributed by atoms with E-state index in [1.54, 1.807) is 18.3 Å². The lowest BCUT2D eigenvalue weighted by Gasteiger charge is -2.18. The van der Waals surface area contributed by atoms with Crippen molar-refractivity contribution in [1.29, 1.82) is 5.26 Å². The Morgan fingerprint density at radius 3 is 2.53 bits per heavy atom. The summed E-state index contributed by atoms with van der Waals surface area (Å²) < 4.78 is 24.2. The molecule has 0 aliphatic carbocycles. The largest absolute Gasteiger partial charge is 0.493 e. The minimum atomic E-state index is 0.125. The SMILES string of the molecule is Cc1c(COc2cc(OCc3cncc(C#N)c3)c(C=O)cc2Cl)cccc1-c1cccc(OCCCNCC2CCC(C)O2)c1C. The Bertz CT molecular complexity index is 1740. The second kappa shape index (κ2) is 16.4. The van der Waals surface area contributed by atoms with Crippen LogP contribution in [0.15, 0.2) is 67.0 Å². The highest BCUT2D eigenvalue weighted by atomic mass is 35.5. The molecule has 8 nitrogen and oxygen atoms in total. The first-order valence-electron chi connectivity index (χ1n) is 15.9. The number of rotatable bonds is 15. The summed E-state index contributed by atoms with van der Waals surface area (Å²) in [6.07, 6.45) is 7.65. The zero-order chi connectivity index (χ0) is 33.2. The van der Waals surface area contributed by atoms with Crippen LogP contribution in [0.3, 0.4) is 0 Å².